The van der Waals surface area contributed by atoms with Gasteiger partial charge in [0.2, 0.25) is 5.95 Å². The first kappa shape index (κ1) is 31.9. The van der Waals surface area contributed by atoms with E-state index in [1.54, 1.807) is 44.5 Å². The Balaban J connectivity index is 1.44. The van der Waals surface area contributed by atoms with E-state index in [2.05, 4.69) is 48.4 Å². The molecule has 1 aromatic carbocycles. The summed E-state index contributed by atoms with van der Waals surface area (Å²) in [5.74, 6) is 1.15. The Labute approximate surface area is 257 Å². The van der Waals surface area contributed by atoms with E-state index < -0.39 is 0 Å². The number of likely N-dealkylation sites (N-methyl/N-ethyl adjacent to an activating group) is 1. The van der Waals surface area contributed by atoms with Crippen molar-refractivity contribution < 1.29 is 14.3 Å². The molecule has 2 aliphatic rings. The third kappa shape index (κ3) is 8.52. The highest BCUT2D eigenvalue weighted by Crippen LogP contribution is 2.34. The van der Waals surface area contributed by atoms with Crippen molar-refractivity contribution in [2.45, 2.75) is 56.7 Å². The van der Waals surface area contributed by atoms with Gasteiger partial charge >= 0.3 is 0 Å². The monoisotopic (exact) mass is 625 g/mol. The molecule has 0 radical (unpaired) electrons. The second-order valence-corrected chi connectivity index (χ2v) is 12.2. The highest BCUT2D eigenvalue weighted by atomic mass is 35.5. The summed E-state index contributed by atoms with van der Waals surface area (Å²) in [5.41, 5.74) is 0.906. The largest absolute Gasteiger partial charge is 0.495 e. The van der Waals surface area contributed by atoms with Crippen molar-refractivity contribution in [3.05, 3.63) is 33.9 Å². The predicted octanol–water partition coefficient (Wildman–Crippen LogP) is 5.31. The van der Waals surface area contributed by atoms with Gasteiger partial charge in [-0.25, -0.2) is 9.29 Å². The van der Waals surface area contributed by atoms with Crippen LogP contribution >= 0.6 is 35.1 Å². The van der Waals surface area contributed by atoms with Crippen LogP contribution in [0.5, 0.6) is 5.75 Å². The minimum absolute atomic E-state index is 0.0917. The van der Waals surface area contributed by atoms with Crippen LogP contribution in [0.15, 0.2) is 18.3 Å². The highest BCUT2D eigenvalue weighted by molar-refractivity contribution is 7.96. The summed E-state index contributed by atoms with van der Waals surface area (Å²) in [6, 6.07) is 4.00. The lowest BCUT2D eigenvalue weighted by Crippen LogP contribution is -2.45. The molecular formula is C28H41Cl2N7O3S. The fourth-order valence-corrected chi connectivity index (χ4v) is 6.37. The molecule has 226 valence electrons. The minimum atomic E-state index is -0.221. The molecule has 1 saturated carbocycles. The summed E-state index contributed by atoms with van der Waals surface area (Å²) in [5, 5.41) is 10.6. The van der Waals surface area contributed by atoms with Crippen molar-refractivity contribution in [1.29, 1.82) is 0 Å². The summed E-state index contributed by atoms with van der Waals surface area (Å²) in [6.45, 7) is 3.45. The molecule has 0 bridgehead atoms. The molecule has 1 aliphatic carbocycles. The average molecular weight is 627 g/mol. The zero-order valence-electron chi connectivity index (χ0n) is 24.2. The van der Waals surface area contributed by atoms with Gasteiger partial charge in [0.1, 0.15) is 10.8 Å². The Hall–Kier alpha value is -2.02. The Morgan fingerprint density at radius 3 is 2.61 bits per heavy atom. The third-order valence-electron chi connectivity index (χ3n) is 7.87. The molecule has 0 spiro atoms. The number of ether oxygens (including phenoxy) is 2. The number of hydrogen-bond acceptors (Lipinski definition) is 10. The second kappa shape index (κ2) is 15.5. The number of rotatable bonds is 12. The standard InChI is InChI=1S/C28H41Cl2N7O3S/c1-36(41-4)24-8-6-5-7-22(24)33-26-21(30)17-31-28(35-26)34-23-16-20(29)19(15-25(23)40-3)27(38)32-18-9-11-37(12-10-18)13-14-39-2/h15-18,22,24H,5-14H2,1-4H3,(H,32,38)(H2,31,33,34,35)/t22-,24-/m1/s1. The van der Waals surface area contributed by atoms with Crippen LogP contribution in [0, 0.1) is 0 Å². The molecule has 10 nitrogen and oxygen atoms in total. The van der Waals surface area contributed by atoms with Crippen molar-refractivity contribution in [2.75, 3.05) is 64.4 Å². The number of aromatic nitrogens is 2. The van der Waals surface area contributed by atoms with Crippen molar-refractivity contribution >= 4 is 58.5 Å². The molecule has 3 N–H and O–H groups in total. The smallest absolute Gasteiger partial charge is 0.253 e. The lowest BCUT2D eigenvalue weighted by atomic mass is 9.90. The number of benzene rings is 1. The second-order valence-electron chi connectivity index (χ2n) is 10.5. The normalized spacial score (nSPS) is 20.2. The van der Waals surface area contributed by atoms with Crippen LogP contribution in [0.3, 0.4) is 0 Å². The van der Waals surface area contributed by atoms with Crippen LogP contribution in [-0.4, -0.2) is 97.0 Å². The van der Waals surface area contributed by atoms with Crippen LogP contribution in [-0.2, 0) is 4.74 Å². The van der Waals surface area contributed by atoms with Crippen molar-refractivity contribution in [2.24, 2.45) is 0 Å². The Bertz CT molecular complexity index is 1170. The number of methoxy groups -OCH3 is 2. The molecule has 2 fully saturated rings. The van der Waals surface area contributed by atoms with Gasteiger partial charge in [-0.1, -0.05) is 48.0 Å². The van der Waals surface area contributed by atoms with Crippen LogP contribution in [0.2, 0.25) is 10.0 Å². The van der Waals surface area contributed by atoms with E-state index in [-0.39, 0.29) is 18.0 Å². The van der Waals surface area contributed by atoms with Crippen molar-refractivity contribution in [1.82, 2.24) is 24.5 Å². The van der Waals surface area contributed by atoms with E-state index >= 15 is 0 Å². The number of halogens is 2. The maximum absolute atomic E-state index is 13.1. The quantitative estimate of drug-likeness (QED) is 0.269. The molecule has 1 saturated heterocycles. The number of hydrogen-bond donors (Lipinski definition) is 3. The van der Waals surface area contributed by atoms with Gasteiger partial charge < -0.3 is 30.3 Å². The predicted molar refractivity (Wildman–Crippen MR) is 168 cm³/mol. The summed E-state index contributed by atoms with van der Waals surface area (Å²) < 4.78 is 13.1. The van der Waals surface area contributed by atoms with Crippen LogP contribution in [0.25, 0.3) is 0 Å². The average Bonchev–Trinajstić information content (AvgIpc) is 2.98. The molecule has 1 amide bonds. The Kier molecular flexibility index (Phi) is 12.0. The van der Waals surface area contributed by atoms with Gasteiger partial charge in [0.05, 0.1) is 36.2 Å². The van der Waals surface area contributed by atoms with E-state index in [9.17, 15) is 4.79 Å². The zero-order valence-corrected chi connectivity index (χ0v) is 26.5. The zero-order chi connectivity index (χ0) is 29.4. The number of carbonyl (C=O) groups is 1. The maximum atomic E-state index is 13.1. The van der Waals surface area contributed by atoms with E-state index in [1.807, 2.05) is 0 Å². The topological polar surface area (TPSA) is 104 Å². The van der Waals surface area contributed by atoms with Gasteiger partial charge in [-0.3, -0.25) is 4.79 Å². The molecule has 0 unspecified atom stereocenters. The third-order valence-corrected chi connectivity index (χ3v) is 9.30. The molecule has 4 rings (SSSR count). The number of amides is 1. The molecule has 1 aliphatic heterocycles. The lowest BCUT2D eigenvalue weighted by molar-refractivity contribution is 0.0892. The van der Waals surface area contributed by atoms with Crippen molar-refractivity contribution in [3.8, 4) is 5.75 Å². The van der Waals surface area contributed by atoms with Gasteiger partial charge in [-0.05, 0) is 51.1 Å². The molecule has 2 atom stereocenters. The van der Waals surface area contributed by atoms with E-state index in [0.717, 1.165) is 51.7 Å². The molecule has 41 heavy (non-hydrogen) atoms. The fraction of sp³-hybridized carbons (Fsp3) is 0.607. The molecule has 2 heterocycles. The van der Waals surface area contributed by atoms with Crippen LogP contribution < -0.4 is 20.7 Å². The maximum Gasteiger partial charge on any atom is 0.253 e. The number of nitrogens with one attached hydrogen (secondary N) is 3. The van der Waals surface area contributed by atoms with Crippen molar-refractivity contribution in [3.63, 3.8) is 0 Å². The first-order valence-electron chi connectivity index (χ1n) is 14.1. The van der Waals surface area contributed by atoms with Gasteiger partial charge in [0.25, 0.3) is 5.91 Å². The summed E-state index contributed by atoms with van der Waals surface area (Å²) in [4.78, 5) is 24.5. The summed E-state index contributed by atoms with van der Waals surface area (Å²) in [6.07, 6.45) is 9.95. The number of nitrogens with zero attached hydrogens (tertiary/aromatic N) is 4. The van der Waals surface area contributed by atoms with Gasteiger partial charge in [-0.2, -0.15) is 4.98 Å². The van der Waals surface area contributed by atoms with Crippen LogP contribution in [0.1, 0.15) is 48.9 Å². The van der Waals surface area contributed by atoms with Gasteiger partial charge in [0, 0.05) is 44.9 Å². The Morgan fingerprint density at radius 1 is 1.15 bits per heavy atom. The molecule has 2 aromatic rings. The minimum Gasteiger partial charge on any atom is -0.495 e. The van der Waals surface area contributed by atoms with E-state index in [0.29, 0.717) is 51.5 Å². The fourth-order valence-electron chi connectivity index (χ4n) is 5.45. The Morgan fingerprint density at radius 2 is 1.90 bits per heavy atom. The number of anilines is 3. The van der Waals surface area contributed by atoms with E-state index in [4.69, 9.17) is 32.7 Å². The number of likely N-dealkylation sites (tertiary alicyclic amines) is 1. The van der Waals surface area contributed by atoms with Gasteiger partial charge in [0.15, 0.2) is 5.82 Å². The number of piperidine rings is 1. The number of carbonyl (C=O) groups excluding carboxylic acids is 1. The molecule has 13 heteroatoms. The highest BCUT2D eigenvalue weighted by Gasteiger charge is 2.29. The summed E-state index contributed by atoms with van der Waals surface area (Å²) >= 11 is 14.8. The lowest BCUT2D eigenvalue weighted by Gasteiger charge is -2.37. The van der Waals surface area contributed by atoms with Gasteiger partial charge in [-0.15, -0.1) is 0 Å². The van der Waals surface area contributed by atoms with E-state index in [1.165, 1.54) is 6.42 Å². The SMILES string of the molecule is COCCN1CCC(NC(=O)c2cc(OC)c(Nc3ncc(Cl)c(N[C@@H]4CCCC[C@H]4N(C)SC)n3)cc2Cl)CC1. The molecular weight excluding hydrogens is 585 g/mol. The first-order chi connectivity index (χ1) is 19.8. The van der Waals surface area contributed by atoms with Crippen LogP contribution in [0.4, 0.5) is 17.5 Å². The molecule has 1 aromatic heterocycles. The summed E-state index contributed by atoms with van der Waals surface area (Å²) in [7, 11) is 5.38. The first-order valence-corrected chi connectivity index (χ1v) is 16.0.